The predicted octanol–water partition coefficient (Wildman–Crippen LogP) is 3.87. The molecule has 0 aliphatic rings. The SMILES string of the molecule is Cc1nn(CCC#N)c(C)c1CCC(=O)Nc1cc(Cl)c(N)c(Cl)c1. The van der Waals surface area contributed by atoms with E-state index < -0.39 is 0 Å². The molecule has 6 nitrogen and oxygen atoms in total. The number of nitriles is 1. The van der Waals surface area contributed by atoms with Crippen LogP contribution in [0, 0.1) is 25.2 Å². The second-order valence-corrected chi connectivity index (χ2v) is 6.50. The number of aromatic nitrogens is 2. The van der Waals surface area contributed by atoms with Gasteiger partial charge in [-0.25, -0.2) is 0 Å². The van der Waals surface area contributed by atoms with E-state index in [1.807, 2.05) is 18.5 Å². The Hall–Kier alpha value is -2.23. The molecule has 0 saturated carbocycles. The molecule has 0 bridgehead atoms. The molecule has 1 amide bonds. The highest BCUT2D eigenvalue weighted by molar-refractivity contribution is 6.39. The van der Waals surface area contributed by atoms with Gasteiger partial charge in [0.1, 0.15) is 0 Å². The van der Waals surface area contributed by atoms with Gasteiger partial charge in [0.15, 0.2) is 0 Å². The Morgan fingerprint density at radius 1 is 1.36 bits per heavy atom. The first-order valence-corrected chi connectivity index (χ1v) is 8.53. The van der Waals surface area contributed by atoms with Crippen LogP contribution in [0.2, 0.25) is 10.0 Å². The van der Waals surface area contributed by atoms with E-state index in [4.69, 9.17) is 34.2 Å². The Morgan fingerprint density at radius 3 is 2.60 bits per heavy atom. The summed E-state index contributed by atoms with van der Waals surface area (Å²) in [5, 5.41) is 16.5. The number of hydrogen-bond donors (Lipinski definition) is 2. The summed E-state index contributed by atoms with van der Waals surface area (Å²) in [4.78, 5) is 12.2. The third-order valence-electron chi connectivity index (χ3n) is 3.93. The Bertz CT molecular complexity index is 815. The van der Waals surface area contributed by atoms with Gasteiger partial charge in [-0.05, 0) is 38.0 Å². The zero-order chi connectivity index (χ0) is 18.6. The number of aryl methyl sites for hydroxylation is 2. The molecule has 8 heteroatoms. The number of carbonyl (C=O) groups excluding carboxylic acids is 1. The number of rotatable bonds is 6. The van der Waals surface area contributed by atoms with E-state index in [9.17, 15) is 4.79 Å². The second kappa shape index (κ2) is 8.24. The molecule has 0 unspecified atom stereocenters. The number of nitrogens with one attached hydrogen (secondary N) is 1. The van der Waals surface area contributed by atoms with Crippen LogP contribution < -0.4 is 11.1 Å². The summed E-state index contributed by atoms with van der Waals surface area (Å²) in [7, 11) is 0. The summed E-state index contributed by atoms with van der Waals surface area (Å²) in [6.07, 6.45) is 1.26. The molecule has 0 aliphatic heterocycles. The van der Waals surface area contributed by atoms with Crippen molar-refractivity contribution in [2.24, 2.45) is 0 Å². The van der Waals surface area contributed by atoms with Crippen LogP contribution in [0.3, 0.4) is 0 Å². The first-order valence-electron chi connectivity index (χ1n) is 7.77. The van der Waals surface area contributed by atoms with Crippen LogP contribution in [-0.2, 0) is 17.8 Å². The van der Waals surface area contributed by atoms with Gasteiger partial charge in [-0.1, -0.05) is 23.2 Å². The van der Waals surface area contributed by atoms with Crippen molar-refractivity contribution in [3.8, 4) is 6.07 Å². The molecule has 1 aromatic carbocycles. The van der Waals surface area contributed by atoms with Crippen molar-refractivity contribution in [1.29, 1.82) is 5.26 Å². The van der Waals surface area contributed by atoms with Crippen molar-refractivity contribution in [2.75, 3.05) is 11.1 Å². The molecule has 0 radical (unpaired) electrons. The van der Waals surface area contributed by atoms with Crippen LogP contribution in [-0.4, -0.2) is 15.7 Å². The fraction of sp³-hybridized carbons (Fsp3) is 0.353. The lowest BCUT2D eigenvalue weighted by Gasteiger charge is -2.09. The van der Waals surface area contributed by atoms with Gasteiger partial charge in [0.2, 0.25) is 5.91 Å². The van der Waals surface area contributed by atoms with E-state index >= 15 is 0 Å². The molecule has 1 heterocycles. The molecule has 0 spiro atoms. The third-order valence-corrected chi connectivity index (χ3v) is 4.56. The number of hydrogen-bond acceptors (Lipinski definition) is 4. The summed E-state index contributed by atoms with van der Waals surface area (Å²) in [5.41, 5.74) is 9.37. The van der Waals surface area contributed by atoms with Gasteiger partial charge < -0.3 is 11.1 Å². The number of amides is 1. The van der Waals surface area contributed by atoms with Gasteiger partial charge in [0, 0.05) is 17.8 Å². The molecule has 132 valence electrons. The van der Waals surface area contributed by atoms with Crippen molar-refractivity contribution in [3.63, 3.8) is 0 Å². The maximum absolute atomic E-state index is 12.2. The second-order valence-electron chi connectivity index (χ2n) is 5.68. The number of carbonyl (C=O) groups is 1. The largest absolute Gasteiger partial charge is 0.396 e. The average molecular weight is 380 g/mol. The summed E-state index contributed by atoms with van der Waals surface area (Å²) >= 11 is 11.9. The average Bonchev–Trinajstić information content (AvgIpc) is 2.82. The summed E-state index contributed by atoms with van der Waals surface area (Å²) in [6.45, 7) is 4.41. The molecule has 2 rings (SSSR count). The van der Waals surface area contributed by atoms with E-state index in [1.54, 1.807) is 12.1 Å². The maximum Gasteiger partial charge on any atom is 0.224 e. The zero-order valence-corrected chi connectivity index (χ0v) is 15.6. The summed E-state index contributed by atoms with van der Waals surface area (Å²) in [5.74, 6) is -0.152. The minimum absolute atomic E-state index is 0.152. The number of benzene rings is 1. The van der Waals surface area contributed by atoms with E-state index in [-0.39, 0.29) is 11.6 Å². The minimum Gasteiger partial charge on any atom is -0.396 e. The first-order chi connectivity index (χ1) is 11.8. The minimum atomic E-state index is -0.152. The topological polar surface area (TPSA) is 96.7 Å². The molecule has 0 aliphatic carbocycles. The fourth-order valence-corrected chi connectivity index (χ4v) is 3.07. The van der Waals surface area contributed by atoms with Gasteiger partial charge >= 0.3 is 0 Å². The van der Waals surface area contributed by atoms with Crippen LogP contribution >= 0.6 is 23.2 Å². The molecule has 0 saturated heterocycles. The maximum atomic E-state index is 12.2. The highest BCUT2D eigenvalue weighted by atomic mass is 35.5. The molecule has 25 heavy (non-hydrogen) atoms. The Balaban J connectivity index is 2.01. The number of halogens is 2. The van der Waals surface area contributed by atoms with Crippen molar-refractivity contribution < 1.29 is 4.79 Å². The van der Waals surface area contributed by atoms with Crippen molar-refractivity contribution >= 4 is 40.5 Å². The van der Waals surface area contributed by atoms with Crippen LogP contribution in [0.1, 0.15) is 29.8 Å². The van der Waals surface area contributed by atoms with E-state index in [0.717, 1.165) is 17.0 Å². The van der Waals surface area contributed by atoms with Gasteiger partial charge in [-0.3, -0.25) is 9.48 Å². The summed E-state index contributed by atoms with van der Waals surface area (Å²) in [6, 6.07) is 5.24. The van der Waals surface area contributed by atoms with Crippen LogP contribution in [0.5, 0.6) is 0 Å². The zero-order valence-electron chi connectivity index (χ0n) is 14.1. The molecule has 3 N–H and O–H groups in total. The monoisotopic (exact) mass is 379 g/mol. The van der Waals surface area contributed by atoms with Crippen LogP contribution in [0.15, 0.2) is 12.1 Å². The molecular formula is C17H19Cl2N5O. The first kappa shape index (κ1) is 19.1. The highest BCUT2D eigenvalue weighted by Gasteiger charge is 2.14. The molecular weight excluding hydrogens is 361 g/mol. The number of nitrogen functional groups attached to an aromatic ring is 1. The van der Waals surface area contributed by atoms with Crippen LogP contribution in [0.4, 0.5) is 11.4 Å². The van der Waals surface area contributed by atoms with E-state index in [0.29, 0.717) is 41.5 Å². The van der Waals surface area contributed by atoms with Crippen molar-refractivity contribution in [1.82, 2.24) is 9.78 Å². The quantitative estimate of drug-likeness (QED) is 0.744. The van der Waals surface area contributed by atoms with Gasteiger partial charge in [-0.15, -0.1) is 0 Å². The predicted molar refractivity (Wildman–Crippen MR) is 99.8 cm³/mol. The Labute approximate surface area is 156 Å². The number of nitrogens with two attached hydrogens (primary N) is 1. The molecule has 1 aromatic heterocycles. The molecule has 2 aromatic rings. The molecule has 0 fully saturated rings. The summed E-state index contributed by atoms with van der Waals surface area (Å²) < 4.78 is 1.81. The van der Waals surface area contributed by atoms with Crippen molar-refractivity contribution in [2.45, 2.75) is 39.7 Å². The van der Waals surface area contributed by atoms with E-state index in [1.165, 1.54) is 0 Å². The molecule has 0 atom stereocenters. The van der Waals surface area contributed by atoms with E-state index in [2.05, 4.69) is 16.5 Å². The fourth-order valence-electron chi connectivity index (χ4n) is 2.59. The number of nitrogens with zero attached hydrogens (tertiary/aromatic N) is 3. The van der Waals surface area contributed by atoms with Gasteiger partial charge in [0.25, 0.3) is 0 Å². The Morgan fingerprint density at radius 2 is 2.00 bits per heavy atom. The lowest BCUT2D eigenvalue weighted by Crippen LogP contribution is -2.13. The lowest BCUT2D eigenvalue weighted by atomic mass is 10.1. The Kier molecular flexibility index (Phi) is 6.29. The lowest BCUT2D eigenvalue weighted by molar-refractivity contribution is -0.116. The van der Waals surface area contributed by atoms with Gasteiger partial charge in [-0.2, -0.15) is 10.4 Å². The number of anilines is 2. The van der Waals surface area contributed by atoms with Crippen molar-refractivity contribution in [3.05, 3.63) is 39.1 Å². The highest BCUT2D eigenvalue weighted by Crippen LogP contribution is 2.31. The normalized spacial score (nSPS) is 10.5. The van der Waals surface area contributed by atoms with Gasteiger partial charge in [0.05, 0.1) is 40.5 Å². The van der Waals surface area contributed by atoms with Crippen LogP contribution in [0.25, 0.3) is 0 Å². The standard InChI is InChI=1S/C17H19Cl2N5O/c1-10-13(11(2)24(23-10)7-3-6-20)4-5-16(25)22-12-8-14(18)17(21)15(19)9-12/h8-9H,3-5,7,21H2,1-2H3,(H,22,25). The smallest absolute Gasteiger partial charge is 0.224 e. The third kappa shape index (κ3) is 4.65.